The lowest BCUT2D eigenvalue weighted by atomic mass is 10.0. The van der Waals surface area contributed by atoms with Gasteiger partial charge in [-0.05, 0) is 69.4 Å². The fourth-order valence-corrected chi connectivity index (χ4v) is 4.08. The molecule has 0 aromatic heterocycles. The van der Waals surface area contributed by atoms with Crippen molar-refractivity contribution >= 4 is 35.0 Å². The molecule has 0 atom stereocenters. The Morgan fingerprint density at radius 2 is 1.82 bits per heavy atom. The Morgan fingerprint density at radius 1 is 1.12 bits per heavy atom. The van der Waals surface area contributed by atoms with Gasteiger partial charge in [0.05, 0.1) is 0 Å². The number of rotatable bonds is 7. The number of hydrogen-bond acceptors (Lipinski definition) is 4. The van der Waals surface area contributed by atoms with Crippen LogP contribution in [-0.2, 0) is 22.4 Å². The second-order valence-electron chi connectivity index (χ2n) is 9.07. The van der Waals surface area contributed by atoms with E-state index in [1.807, 2.05) is 39.0 Å². The number of carbonyl (C=O) groups excluding carboxylic acids is 1. The number of hydrogen-bond donors (Lipinski definition) is 1. The van der Waals surface area contributed by atoms with Gasteiger partial charge in [0, 0.05) is 42.1 Å². The summed E-state index contributed by atoms with van der Waals surface area (Å²) < 4.78 is 5.52. The van der Waals surface area contributed by atoms with E-state index in [1.54, 1.807) is 0 Å². The van der Waals surface area contributed by atoms with Crippen molar-refractivity contribution < 1.29 is 19.4 Å². The van der Waals surface area contributed by atoms with E-state index in [1.165, 1.54) is 22.1 Å². The number of ether oxygens (including phenoxy) is 1. The summed E-state index contributed by atoms with van der Waals surface area (Å²) in [4.78, 5) is 27.4. The molecular weight excluding hydrogens is 440 g/mol. The monoisotopic (exact) mass is 470 g/mol. The molecule has 0 saturated heterocycles. The molecular formula is C26H31ClN2O4. The van der Waals surface area contributed by atoms with Crippen molar-refractivity contribution in [1.82, 2.24) is 4.90 Å². The molecule has 0 aliphatic carbocycles. The van der Waals surface area contributed by atoms with Crippen LogP contribution in [0, 0.1) is 0 Å². The SMILES string of the molecule is CC(C)(C)OC(=O)N(C/C=C/C(=O)O)CCCN1c2ccccc2CCc2ccc(Cl)cc21. The number of benzene rings is 2. The van der Waals surface area contributed by atoms with E-state index in [2.05, 4.69) is 29.2 Å². The molecule has 1 amide bonds. The number of carbonyl (C=O) groups is 2. The molecule has 0 unspecified atom stereocenters. The third-order valence-electron chi connectivity index (χ3n) is 5.33. The van der Waals surface area contributed by atoms with Gasteiger partial charge >= 0.3 is 12.1 Å². The minimum absolute atomic E-state index is 0.167. The molecule has 33 heavy (non-hydrogen) atoms. The summed E-state index contributed by atoms with van der Waals surface area (Å²) in [5.74, 6) is -1.05. The lowest BCUT2D eigenvalue weighted by Crippen LogP contribution is -2.38. The topological polar surface area (TPSA) is 70.1 Å². The summed E-state index contributed by atoms with van der Waals surface area (Å²) in [6, 6.07) is 14.4. The second-order valence-corrected chi connectivity index (χ2v) is 9.51. The Kier molecular flexibility index (Phi) is 8.03. The normalized spacial score (nSPS) is 13.3. The average Bonchev–Trinajstić information content (AvgIpc) is 2.88. The van der Waals surface area contributed by atoms with E-state index in [0.29, 0.717) is 24.5 Å². The van der Waals surface area contributed by atoms with Gasteiger partial charge in [0.1, 0.15) is 5.60 Å². The molecule has 1 aliphatic heterocycles. The summed E-state index contributed by atoms with van der Waals surface area (Å²) in [5, 5.41) is 9.58. The summed E-state index contributed by atoms with van der Waals surface area (Å²) in [5.41, 5.74) is 4.11. The first-order chi connectivity index (χ1) is 15.6. The quantitative estimate of drug-likeness (QED) is 0.514. The molecule has 176 valence electrons. The van der Waals surface area contributed by atoms with Crippen molar-refractivity contribution in [3.8, 4) is 0 Å². The molecule has 2 aromatic rings. The Bertz CT molecular complexity index is 1030. The lowest BCUT2D eigenvalue weighted by Gasteiger charge is -2.30. The third kappa shape index (κ3) is 6.99. The van der Waals surface area contributed by atoms with Gasteiger partial charge in [-0.2, -0.15) is 0 Å². The van der Waals surface area contributed by atoms with Crippen LogP contribution in [0.3, 0.4) is 0 Å². The van der Waals surface area contributed by atoms with Crippen molar-refractivity contribution in [3.05, 3.63) is 70.8 Å². The first kappa shape index (κ1) is 24.6. The number of aliphatic carboxylic acids is 1. The molecule has 0 radical (unpaired) electrons. The summed E-state index contributed by atoms with van der Waals surface area (Å²) in [7, 11) is 0. The van der Waals surface area contributed by atoms with Crippen LogP contribution in [0.4, 0.5) is 16.2 Å². The minimum atomic E-state index is -1.05. The number of carboxylic acid groups (broad SMARTS) is 1. The van der Waals surface area contributed by atoms with Crippen molar-refractivity contribution in [2.24, 2.45) is 0 Å². The Morgan fingerprint density at radius 3 is 2.52 bits per heavy atom. The minimum Gasteiger partial charge on any atom is -0.478 e. The maximum Gasteiger partial charge on any atom is 0.410 e. The highest BCUT2D eigenvalue weighted by molar-refractivity contribution is 6.30. The number of anilines is 2. The van der Waals surface area contributed by atoms with Crippen LogP contribution < -0.4 is 4.90 Å². The van der Waals surface area contributed by atoms with Crippen LogP contribution >= 0.6 is 11.6 Å². The molecule has 0 saturated carbocycles. The largest absolute Gasteiger partial charge is 0.478 e. The van der Waals surface area contributed by atoms with E-state index >= 15 is 0 Å². The third-order valence-corrected chi connectivity index (χ3v) is 5.57. The number of carboxylic acids is 1. The van der Waals surface area contributed by atoms with Crippen LogP contribution in [0.2, 0.25) is 5.02 Å². The zero-order chi connectivity index (χ0) is 24.0. The van der Waals surface area contributed by atoms with Crippen molar-refractivity contribution in [2.45, 2.75) is 45.6 Å². The van der Waals surface area contributed by atoms with Crippen LogP contribution in [0.1, 0.15) is 38.3 Å². The highest BCUT2D eigenvalue weighted by Gasteiger charge is 2.23. The molecule has 0 fully saturated rings. The van der Waals surface area contributed by atoms with Gasteiger partial charge in [-0.1, -0.05) is 41.9 Å². The first-order valence-electron chi connectivity index (χ1n) is 11.2. The number of halogens is 1. The molecule has 7 heteroatoms. The van der Waals surface area contributed by atoms with Gasteiger partial charge in [-0.25, -0.2) is 9.59 Å². The fraction of sp³-hybridized carbons (Fsp3) is 0.385. The van der Waals surface area contributed by atoms with Gasteiger partial charge in [-0.3, -0.25) is 0 Å². The fourth-order valence-electron chi connectivity index (χ4n) is 3.91. The standard InChI is InChI=1S/C26H31ClN2O4/c1-26(2,3)33-25(32)28(15-6-10-24(30)31)16-7-17-29-22-9-5-4-8-19(22)11-12-20-13-14-21(27)18-23(20)29/h4-6,8-10,13-14,18H,7,11-12,15-17H2,1-3H3,(H,30,31)/b10-6+. The highest BCUT2D eigenvalue weighted by Crippen LogP contribution is 2.37. The van der Waals surface area contributed by atoms with Gasteiger partial charge in [0.25, 0.3) is 0 Å². The maximum atomic E-state index is 12.7. The van der Waals surface area contributed by atoms with Gasteiger partial charge < -0.3 is 19.6 Å². The molecule has 0 bridgehead atoms. The van der Waals surface area contributed by atoms with E-state index in [4.69, 9.17) is 21.4 Å². The Balaban J connectivity index is 1.79. The predicted molar refractivity (Wildman–Crippen MR) is 132 cm³/mol. The summed E-state index contributed by atoms with van der Waals surface area (Å²) >= 11 is 6.34. The molecule has 6 nitrogen and oxygen atoms in total. The average molecular weight is 471 g/mol. The van der Waals surface area contributed by atoms with Crippen molar-refractivity contribution in [3.63, 3.8) is 0 Å². The van der Waals surface area contributed by atoms with E-state index < -0.39 is 17.7 Å². The number of aryl methyl sites for hydroxylation is 2. The van der Waals surface area contributed by atoms with E-state index in [-0.39, 0.29) is 6.54 Å². The summed E-state index contributed by atoms with van der Waals surface area (Å²) in [6.07, 6.45) is 4.59. The van der Waals surface area contributed by atoms with Gasteiger partial charge in [-0.15, -0.1) is 0 Å². The molecule has 1 heterocycles. The lowest BCUT2D eigenvalue weighted by molar-refractivity contribution is -0.131. The molecule has 1 N–H and O–H groups in total. The van der Waals surface area contributed by atoms with Crippen molar-refractivity contribution in [1.29, 1.82) is 0 Å². The molecule has 1 aliphatic rings. The Hall–Kier alpha value is -2.99. The van der Waals surface area contributed by atoms with Gasteiger partial charge in [0.15, 0.2) is 0 Å². The van der Waals surface area contributed by atoms with Crippen LogP contribution in [0.25, 0.3) is 0 Å². The zero-order valence-electron chi connectivity index (χ0n) is 19.4. The van der Waals surface area contributed by atoms with Gasteiger partial charge in [0.2, 0.25) is 0 Å². The molecule has 3 rings (SSSR count). The van der Waals surface area contributed by atoms with Crippen LogP contribution in [-0.4, -0.2) is 47.3 Å². The van der Waals surface area contributed by atoms with E-state index in [0.717, 1.165) is 30.3 Å². The summed E-state index contributed by atoms with van der Waals surface area (Å²) in [6.45, 7) is 6.70. The number of para-hydroxylation sites is 1. The zero-order valence-corrected chi connectivity index (χ0v) is 20.1. The number of amides is 1. The van der Waals surface area contributed by atoms with E-state index in [9.17, 15) is 9.59 Å². The maximum absolute atomic E-state index is 12.7. The second kappa shape index (κ2) is 10.8. The molecule has 0 spiro atoms. The number of nitrogens with zero attached hydrogens (tertiary/aromatic N) is 2. The van der Waals surface area contributed by atoms with Crippen LogP contribution in [0.15, 0.2) is 54.6 Å². The Labute approximate surface area is 200 Å². The van der Waals surface area contributed by atoms with Crippen molar-refractivity contribution in [2.75, 3.05) is 24.5 Å². The predicted octanol–water partition coefficient (Wildman–Crippen LogP) is 5.84. The molecule has 2 aromatic carbocycles. The smallest absolute Gasteiger partial charge is 0.410 e. The number of fused-ring (bicyclic) bond motifs is 2. The first-order valence-corrected chi connectivity index (χ1v) is 11.5. The highest BCUT2D eigenvalue weighted by atomic mass is 35.5. The van der Waals surface area contributed by atoms with Crippen LogP contribution in [0.5, 0.6) is 0 Å².